The Hall–Kier alpha value is -3.97. The van der Waals surface area contributed by atoms with Crippen LogP contribution in [0.5, 0.6) is 0 Å². The molecule has 0 saturated carbocycles. The summed E-state index contributed by atoms with van der Waals surface area (Å²) in [5.41, 5.74) is 7.44. The van der Waals surface area contributed by atoms with E-state index in [1.807, 2.05) is 30.3 Å². The molecule has 4 rings (SSSR count). The molecule has 2 aromatic carbocycles. The summed E-state index contributed by atoms with van der Waals surface area (Å²) in [6.45, 7) is 0. The highest BCUT2D eigenvalue weighted by molar-refractivity contribution is 6.30. The van der Waals surface area contributed by atoms with Gasteiger partial charge in [-0.2, -0.15) is 5.10 Å². The topological polar surface area (TPSA) is 88.9 Å². The van der Waals surface area contributed by atoms with E-state index in [9.17, 15) is 9.59 Å². The molecule has 0 bridgehead atoms. The van der Waals surface area contributed by atoms with Crippen molar-refractivity contribution in [2.45, 2.75) is 0 Å². The number of rotatable bonds is 4. The average Bonchev–Trinajstić information content (AvgIpc) is 3.24. The maximum Gasteiger partial charge on any atom is 0.273 e. The highest BCUT2D eigenvalue weighted by atomic mass is 35.5. The summed E-state index contributed by atoms with van der Waals surface area (Å²) < 4.78 is 1.61. The first-order valence-corrected chi connectivity index (χ1v) is 9.41. The molecule has 0 aliphatic heterocycles. The quantitative estimate of drug-likeness (QED) is 0.496. The molecule has 2 N–H and O–H groups in total. The van der Waals surface area contributed by atoms with Crippen LogP contribution in [-0.4, -0.2) is 26.6 Å². The van der Waals surface area contributed by atoms with Gasteiger partial charge in [0.15, 0.2) is 0 Å². The van der Waals surface area contributed by atoms with Crippen molar-refractivity contribution in [2.75, 3.05) is 0 Å². The molecule has 0 radical (unpaired) electrons. The van der Waals surface area contributed by atoms with Gasteiger partial charge >= 0.3 is 0 Å². The lowest BCUT2D eigenvalue weighted by Gasteiger charge is -2.07. The van der Waals surface area contributed by atoms with Gasteiger partial charge in [-0.3, -0.25) is 25.4 Å². The average molecular weight is 418 g/mol. The zero-order valence-corrected chi connectivity index (χ0v) is 16.4. The number of nitrogens with zero attached hydrogens (tertiary/aromatic N) is 3. The number of hydrazine groups is 1. The van der Waals surface area contributed by atoms with Crippen LogP contribution in [0, 0.1) is 0 Å². The van der Waals surface area contributed by atoms with E-state index >= 15 is 0 Å². The molecule has 0 aliphatic carbocycles. The molecule has 0 atom stereocenters. The zero-order chi connectivity index (χ0) is 20.9. The molecule has 0 saturated heterocycles. The summed E-state index contributed by atoms with van der Waals surface area (Å²) in [6.07, 6.45) is 4.59. The van der Waals surface area contributed by atoms with E-state index in [4.69, 9.17) is 11.6 Å². The van der Waals surface area contributed by atoms with Crippen LogP contribution in [0.4, 0.5) is 0 Å². The Morgan fingerprint density at radius 2 is 1.60 bits per heavy atom. The minimum atomic E-state index is -0.501. The Bertz CT molecular complexity index is 1180. The second kappa shape index (κ2) is 8.59. The molecular weight excluding hydrogens is 402 g/mol. The number of nitrogens with one attached hydrogen (secondary N) is 2. The summed E-state index contributed by atoms with van der Waals surface area (Å²) in [7, 11) is 0. The van der Waals surface area contributed by atoms with E-state index in [0.717, 1.165) is 11.3 Å². The van der Waals surface area contributed by atoms with Crippen LogP contribution in [0.25, 0.3) is 16.9 Å². The summed E-state index contributed by atoms with van der Waals surface area (Å²) in [5.74, 6) is -0.973. The van der Waals surface area contributed by atoms with Crippen LogP contribution in [0.3, 0.4) is 0 Å². The standard InChI is InChI=1S/C22H16ClN5O2/c23-17-10-8-15(9-11-17)20-19(14-28(27-20)18-6-2-1-3-7-18)22(30)26-25-21(29)16-5-4-12-24-13-16/h1-14H,(H,25,29)(H,26,30). The monoisotopic (exact) mass is 417 g/mol. The van der Waals surface area contributed by atoms with E-state index in [0.29, 0.717) is 21.8 Å². The predicted octanol–water partition coefficient (Wildman–Crippen LogP) is 3.66. The van der Waals surface area contributed by atoms with Gasteiger partial charge in [0.2, 0.25) is 0 Å². The van der Waals surface area contributed by atoms with Crippen LogP contribution in [-0.2, 0) is 0 Å². The number of para-hydroxylation sites is 1. The van der Waals surface area contributed by atoms with Crippen LogP contribution in [0.2, 0.25) is 5.02 Å². The van der Waals surface area contributed by atoms with Gasteiger partial charge in [-0.1, -0.05) is 41.9 Å². The minimum absolute atomic E-state index is 0.299. The second-order valence-corrected chi connectivity index (χ2v) is 6.76. The third-order valence-corrected chi connectivity index (χ3v) is 4.56. The summed E-state index contributed by atoms with van der Waals surface area (Å²) in [6, 6.07) is 19.7. The lowest BCUT2D eigenvalue weighted by Crippen LogP contribution is -2.41. The molecule has 7 nitrogen and oxygen atoms in total. The normalized spacial score (nSPS) is 10.4. The largest absolute Gasteiger partial charge is 0.273 e. The predicted molar refractivity (Wildman–Crippen MR) is 113 cm³/mol. The lowest BCUT2D eigenvalue weighted by molar-refractivity contribution is 0.0847. The van der Waals surface area contributed by atoms with Crippen molar-refractivity contribution in [3.05, 3.63) is 101 Å². The molecule has 4 aromatic rings. The highest BCUT2D eigenvalue weighted by Crippen LogP contribution is 2.25. The third-order valence-electron chi connectivity index (χ3n) is 4.31. The molecular formula is C22H16ClN5O2. The number of carbonyl (C=O) groups is 2. The Kier molecular flexibility index (Phi) is 5.54. The summed E-state index contributed by atoms with van der Waals surface area (Å²) in [5, 5.41) is 5.16. The number of halogens is 1. The Morgan fingerprint density at radius 1 is 0.867 bits per heavy atom. The molecule has 0 spiro atoms. The first-order valence-electron chi connectivity index (χ1n) is 9.03. The Labute approximate surface area is 177 Å². The fraction of sp³-hybridized carbons (Fsp3) is 0. The molecule has 2 heterocycles. The highest BCUT2D eigenvalue weighted by Gasteiger charge is 2.19. The maximum absolute atomic E-state index is 12.9. The first kappa shape index (κ1) is 19.4. The molecule has 30 heavy (non-hydrogen) atoms. The molecule has 2 aromatic heterocycles. The summed E-state index contributed by atoms with van der Waals surface area (Å²) >= 11 is 5.99. The van der Waals surface area contributed by atoms with Crippen LogP contribution in [0.1, 0.15) is 20.7 Å². The number of aromatic nitrogens is 3. The zero-order valence-electron chi connectivity index (χ0n) is 15.6. The first-order chi connectivity index (χ1) is 14.6. The van der Waals surface area contributed by atoms with Crippen molar-refractivity contribution >= 4 is 23.4 Å². The van der Waals surface area contributed by atoms with E-state index in [-0.39, 0.29) is 0 Å². The number of hydrogen-bond donors (Lipinski definition) is 2. The van der Waals surface area contributed by atoms with E-state index < -0.39 is 11.8 Å². The Balaban J connectivity index is 1.63. The molecule has 0 aliphatic rings. The van der Waals surface area contributed by atoms with E-state index in [2.05, 4.69) is 20.9 Å². The second-order valence-electron chi connectivity index (χ2n) is 6.33. The number of pyridine rings is 1. The lowest BCUT2D eigenvalue weighted by atomic mass is 10.1. The minimum Gasteiger partial charge on any atom is -0.267 e. The smallest absolute Gasteiger partial charge is 0.267 e. The molecule has 8 heteroatoms. The number of benzene rings is 2. The van der Waals surface area contributed by atoms with Crippen molar-refractivity contribution in [1.29, 1.82) is 0 Å². The fourth-order valence-corrected chi connectivity index (χ4v) is 2.95. The van der Waals surface area contributed by atoms with Gasteiger partial charge < -0.3 is 0 Å². The Morgan fingerprint density at radius 3 is 2.30 bits per heavy atom. The van der Waals surface area contributed by atoms with Gasteiger partial charge in [-0.15, -0.1) is 0 Å². The summed E-state index contributed by atoms with van der Waals surface area (Å²) in [4.78, 5) is 29.0. The number of amides is 2. The van der Waals surface area contributed by atoms with Crippen molar-refractivity contribution < 1.29 is 9.59 Å². The van der Waals surface area contributed by atoms with Crippen molar-refractivity contribution in [1.82, 2.24) is 25.6 Å². The molecule has 2 amide bonds. The van der Waals surface area contributed by atoms with Crippen molar-refractivity contribution in [2.24, 2.45) is 0 Å². The van der Waals surface area contributed by atoms with Crippen molar-refractivity contribution in [3.63, 3.8) is 0 Å². The van der Waals surface area contributed by atoms with Crippen molar-refractivity contribution in [3.8, 4) is 16.9 Å². The third kappa shape index (κ3) is 4.21. The SMILES string of the molecule is O=C(NNC(=O)c1cn(-c2ccccc2)nc1-c1ccc(Cl)cc1)c1cccnc1. The van der Waals surface area contributed by atoms with Crippen LogP contribution < -0.4 is 10.9 Å². The van der Waals surface area contributed by atoms with E-state index in [1.165, 1.54) is 6.20 Å². The molecule has 0 unspecified atom stereocenters. The van der Waals surface area contributed by atoms with Gasteiger partial charge in [0.05, 0.1) is 16.8 Å². The maximum atomic E-state index is 12.9. The van der Waals surface area contributed by atoms with Crippen LogP contribution >= 0.6 is 11.6 Å². The molecule has 0 fully saturated rings. The van der Waals surface area contributed by atoms with Crippen LogP contribution in [0.15, 0.2) is 85.3 Å². The fourth-order valence-electron chi connectivity index (χ4n) is 2.82. The van der Waals surface area contributed by atoms with E-state index in [1.54, 1.807) is 53.5 Å². The van der Waals surface area contributed by atoms with Gasteiger partial charge in [-0.25, -0.2) is 4.68 Å². The number of hydrogen-bond acceptors (Lipinski definition) is 4. The van der Waals surface area contributed by atoms with Gasteiger partial charge in [-0.05, 0) is 36.4 Å². The number of carbonyl (C=O) groups excluding carboxylic acids is 2. The molecule has 148 valence electrons. The van der Waals surface area contributed by atoms with Gasteiger partial charge in [0.1, 0.15) is 5.69 Å². The van der Waals surface area contributed by atoms with Gasteiger partial charge in [0.25, 0.3) is 11.8 Å². The van der Waals surface area contributed by atoms with Gasteiger partial charge in [0, 0.05) is 29.2 Å².